The van der Waals surface area contributed by atoms with Gasteiger partial charge in [0.25, 0.3) is 0 Å². The van der Waals surface area contributed by atoms with Crippen molar-refractivity contribution in [1.82, 2.24) is 0 Å². The van der Waals surface area contributed by atoms with E-state index in [4.69, 9.17) is 0 Å². The van der Waals surface area contributed by atoms with Crippen molar-refractivity contribution < 1.29 is 0 Å². The predicted octanol–water partition coefficient (Wildman–Crippen LogP) is 2.18. The van der Waals surface area contributed by atoms with E-state index in [-0.39, 0.29) is 0 Å². The van der Waals surface area contributed by atoms with Crippen molar-refractivity contribution in [2.75, 3.05) is 0 Å². The Labute approximate surface area is 52.4 Å². The lowest BCUT2D eigenvalue weighted by atomic mass is 10.3. The van der Waals surface area contributed by atoms with Gasteiger partial charge in [0.1, 0.15) is 0 Å². The Balaban J connectivity index is 2.08. The van der Waals surface area contributed by atoms with Crippen molar-refractivity contribution in [3.05, 3.63) is 0 Å². The Bertz CT molecular complexity index is 90.2. The molecule has 3 atom stereocenters. The molecule has 0 aromatic carbocycles. The molecule has 2 aliphatic rings. The second-order valence-corrected chi connectivity index (χ2v) is 3.93. The first-order chi connectivity index (χ1) is 3.38. The van der Waals surface area contributed by atoms with Crippen molar-refractivity contribution in [2.24, 2.45) is 11.8 Å². The minimum absolute atomic E-state index is 0.900. The molecule has 0 aromatic rings. The van der Waals surface area contributed by atoms with Crippen molar-refractivity contribution in [3.8, 4) is 0 Å². The van der Waals surface area contributed by atoms with E-state index in [1.165, 1.54) is 19.3 Å². The van der Waals surface area contributed by atoms with Crippen LogP contribution in [0.25, 0.3) is 0 Å². The van der Waals surface area contributed by atoms with Crippen molar-refractivity contribution >= 4 is 15.9 Å². The zero-order valence-corrected chi connectivity index (χ0v) is 5.82. The molecule has 2 fully saturated rings. The van der Waals surface area contributed by atoms with E-state index in [0.717, 1.165) is 16.7 Å². The molecule has 0 amide bonds. The van der Waals surface area contributed by atoms with Crippen LogP contribution in [0.3, 0.4) is 0 Å². The van der Waals surface area contributed by atoms with Gasteiger partial charge in [0.2, 0.25) is 0 Å². The first-order valence-electron chi connectivity index (χ1n) is 3.02. The Kier molecular flexibility index (Phi) is 0.780. The van der Waals surface area contributed by atoms with Crippen molar-refractivity contribution in [3.63, 3.8) is 0 Å². The van der Waals surface area contributed by atoms with Gasteiger partial charge in [-0.1, -0.05) is 15.9 Å². The summed E-state index contributed by atoms with van der Waals surface area (Å²) in [6, 6.07) is 0. The maximum absolute atomic E-state index is 3.65. The molecule has 0 heterocycles. The molecule has 0 saturated heterocycles. The second-order valence-electron chi connectivity index (χ2n) is 2.75. The Hall–Kier alpha value is 0.480. The molecular weight excluding hydrogens is 152 g/mol. The molecule has 2 saturated carbocycles. The number of alkyl halides is 1. The summed E-state index contributed by atoms with van der Waals surface area (Å²) in [7, 11) is 0. The third-order valence-corrected chi connectivity index (χ3v) is 3.39. The van der Waals surface area contributed by atoms with Crippen LogP contribution in [-0.4, -0.2) is 4.83 Å². The van der Waals surface area contributed by atoms with E-state index in [1.54, 1.807) is 0 Å². The standard InChI is InChI=1S/C6H9Br/c7-6-2-1-4-3-5(4)6/h4-6H,1-3H2. The van der Waals surface area contributed by atoms with Crippen molar-refractivity contribution in [1.29, 1.82) is 0 Å². The summed E-state index contributed by atoms with van der Waals surface area (Å²) in [6.07, 6.45) is 4.46. The summed E-state index contributed by atoms with van der Waals surface area (Å²) in [5, 5.41) is 0. The highest BCUT2D eigenvalue weighted by Crippen LogP contribution is 2.54. The Morgan fingerprint density at radius 3 is 2.29 bits per heavy atom. The topological polar surface area (TPSA) is 0 Å². The highest BCUT2D eigenvalue weighted by molar-refractivity contribution is 9.09. The highest BCUT2D eigenvalue weighted by atomic mass is 79.9. The zero-order valence-electron chi connectivity index (χ0n) is 4.23. The van der Waals surface area contributed by atoms with E-state index < -0.39 is 0 Å². The monoisotopic (exact) mass is 160 g/mol. The molecule has 3 unspecified atom stereocenters. The molecule has 40 valence electrons. The van der Waals surface area contributed by atoms with Gasteiger partial charge in [0.05, 0.1) is 0 Å². The van der Waals surface area contributed by atoms with E-state index in [1.807, 2.05) is 0 Å². The molecule has 0 nitrogen and oxygen atoms in total. The van der Waals surface area contributed by atoms with Gasteiger partial charge in [-0.15, -0.1) is 0 Å². The fourth-order valence-corrected chi connectivity index (χ4v) is 2.55. The van der Waals surface area contributed by atoms with Gasteiger partial charge in [-0.2, -0.15) is 0 Å². The molecule has 2 rings (SSSR count). The first-order valence-corrected chi connectivity index (χ1v) is 3.93. The van der Waals surface area contributed by atoms with E-state index in [2.05, 4.69) is 15.9 Å². The van der Waals surface area contributed by atoms with Gasteiger partial charge < -0.3 is 0 Å². The Morgan fingerprint density at radius 1 is 1.29 bits per heavy atom. The number of hydrogen-bond acceptors (Lipinski definition) is 0. The summed E-state index contributed by atoms with van der Waals surface area (Å²) in [5.74, 6) is 2.24. The molecule has 0 aromatic heterocycles. The van der Waals surface area contributed by atoms with Crippen LogP contribution >= 0.6 is 15.9 Å². The van der Waals surface area contributed by atoms with E-state index in [0.29, 0.717) is 0 Å². The number of hydrogen-bond donors (Lipinski definition) is 0. The van der Waals surface area contributed by atoms with Gasteiger partial charge >= 0.3 is 0 Å². The summed E-state index contributed by atoms with van der Waals surface area (Å²) < 4.78 is 0. The lowest BCUT2D eigenvalue weighted by Gasteiger charge is -1.95. The van der Waals surface area contributed by atoms with Crippen LogP contribution in [0.15, 0.2) is 0 Å². The van der Waals surface area contributed by atoms with Crippen LogP contribution in [0.1, 0.15) is 19.3 Å². The minimum Gasteiger partial charge on any atom is -0.0888 e. The summed E-state index contributed by atoms with van der Waals surface area (Å²) in [4.78, 5) is 0.900. The molecular formula is C6H9Br. The van der Waals surface area contributed by atoms with Gasteiger partial charge in [-0.3, -0.25) is 0 Å². The number of rotatable bonds is 0. The van der Waals surface area contributed by atoms with Gasteiger partial charge in [-0.25, -0.2) is 0 Å². The zero-order chi connectivity index (χ0) is 4.85. The smallest absolute Gasteiger partial charge is 0.0176 e. The quantitative estimate of drug-likeness (QED) is 0.477. The minimum atomic E-state index is 0.900. The highest BCUT2D eigenvalue weighted by Gasteiger charge is 2.46. The van der Waals surface area contributed by atoms with Crippen LogP contribution in [0.5, 0.6) is 0 Å². The van der Waals surface area contributed by atoms with Gasteiger partial charge in [0, 0.05) is 4.83 Å². The van der Waals surface area contributed by atoms with Crippen molar-refractivity contribution in [2.45, 2.75) is 24.1 Å². The Morgan fingerprint density at radius 2 is 2.14 bits per heavy atom. The maximum Gasteiger partial charge on any atom is 0.0176 e. The van der Waals surface area contributed by atoms with Crippen LogP contribution < -0.4 is 0 Å². The van der Waals surface area contributed by atoms with Crippen LogP contribution in [0, 0.1) is 11.8 Å². The fraction of sp³-hybridized carbons (Fsp3) is 1.00. The molecule has 0 N–H and O–H groups in total. The molecule has 0 radical (unpaired) electrons. The molecule has 0 spiro atoms. The molecule has 0 aliphatic heterocycles. The maximum atomic E-state index is 3.65. The largest absolute Gasteiger partial charge is 0.0888 e. The normalized spacial score (nSPS) is 57.0. The number of halogens is 1. The van der Waals surface area contributed by atoms with Gasteiger partial charge in [0.15, 0.2) is 0 Å². The lowest BCUT2D eigenvalue weighted by Crippen LogP contribution is -1.91. The second kappa shape index (κ2) is 1.25. The van der Waals surface area contributed by atoms with E-state index in [9.17, 15) is 0 Å². The molecule has 7 heavy (non-hydrogen) atoms. The van der Waals surface area contributed by atoms with Crippen LogP contribution in [0.2, 0.25) is 0 Å². The summed E-state index contributed by atoms with van der Waals surface area (Å²) in [6.45, 7) is 0. The first kappa shape index (κ1) is 4.37. The third-order valence-electron chi connectivity index (χ3n) is 2.26. The molecule has 2 aliphatic carbocycles. The molecule has 1 heteroatoms. The average Bonchev–Trinajstić information content (AvgIpc) is 2.33. The van der Waals surface area contributed by atoms with E-state index >= 15 is 0 Å². The van der Waals surface area contributed by atoms with Crippen LogP contribution in [-0.2, 0) is 0 Å². The molecule has 0 bridgehead atoms. The average molecular weight is 161 g/mol. The third kappa shape index (κ3) is 0.543. The van der Waals surface area contributed by atoms with Crippen LogP contribution in [0.4, 0.5) is 0 Å². The fourth-order valence-electron chi connectivity index (χ4n) is 1.63. The summed E-state index contributed by atoms with van der Waals surface area (Å²) in [5.41, 5.74) is 0. The number of fused-ring (bicyclic) bond motifs is 1. The van der Waals surface area contributed by atoms with Gasteiger partial charge in [-0.05, 0) is 31.1 Å². The predicted molar refractivity (Wildman–Crippen MR) is 33.5 cm³/mol. The lowest BCUT2D eigenvalue weighted by molar-refractivity contribution is 0.754. The summed E-state index contributed by atoms with van der Waals surface area (Å²) >= 11 is 3.65. The SMILES string of the molecule is BrC1CCC2CC12.